The monoisotopic (exact) mass is 422 g/mol. The van der Waals surface area contributed by atoms with Gasteiger partial charge in [-0.25, -0.2) is 8.42 Å². The smallest absolute Gasteiger partial charge is 0.235 e. The zero-order valence-electron chi connectivity index (χ0n) is 17.1. The summed E-state index contributed by atoms with van der Waals surface area (Å²) in [4.78, 5) is 17.1. The lowest BCUT2D eigenvalue weighted by atomic mass is 9.95. The molecule has 156 valence electrons. The highest BCUT2D eigenvalue weighted by Gasteiger charge is 2.36. The van der Waals surface area contributed by atoms with Crippen LogP contribution in [0.2, 0.25) is 0 Å². The van der Waals surface area contributed by atoms with E-state index in [0.29, 0.717) is 17.9 Å². The molecule has 5 rings (SSSR count). The standard InChI is InChI=1S/C24H26N2O3S/c1-2-15-12-17(8-11-22(15)26-30(28,29)19-9-10-19)21-13-18(14-24(27)16-6-7-16)25-23-5-3-4-20(21)23/h3-4,8,11-13,16,19,26H,2,5-7,9-10,14H2,1H3. The Morgan fingerprint density at radius 3 is 2.67 bits per heavy atom. The third-order valence-electron chi connectivity index (χ3n) is 6.19. The number of sulfonamides is 1. The Bertz CT molecular complexity index is 1160. The average molecular weight is 423 g/mol. The van der Waals surface area contributed by atoms with E-state index < -0.39 is 10.0 Å². The van der Waals surface area contributed by atoms with Gasteiger partial charge in [-0.05, 0) is 67.0 Å². The summed E-state index contributed by atoms with van der Waals surface area (Å²) in [7, 11) is -3.29. The van der Waals surface area contributed by atoms with Crippen LogP contribution in [0.3, 0.4) is 0 Å². The van der Waals surface area contributed by atoms with Crippen LogP contribution in [0.15, 0.2) is 30.3 Å². The average Bonchev–Trinajstić information content (AvgIpc) is 3.63. The minimum Gasteiger partial charge on any atom is -0.299 e. The quantitative estimate of drug-likeness (QED) is 0.688. The first kappa shape index (κ1) is 19.5. The fraction of sp³-hybridized carbons (Fsp3) is 0.417. The number of anilines is 1. The largest absolute Gasteiger partial charge is 0.299 e. The molecule has 0 atom stereocenters. The van der Waals surface area contributed by atoms with Crippen LogP contribution in [-0.2, 0) is 34.1 Å². The first-order chi connectivity index (χ1) is 14.4. The van der Waals surface area contributed by atoms with E-state index in [1.54, 1.807) is 0 Å². The highest BCUT2D eigenvalue weighted by molar-refractivity contribution is 7.93. The predicted octanol–water partition coefficient (Wildman–Crippen LogP) is 4.31. The number of aromatic nitrogens is 1. The Morgan fingerprint density at radius 1 is 1.17 bits per heavy atom. The maximum Gasteiger partial charge on any atom is 0.235 e. The molecule has 2 fully saturated rings. The zero-order chi connectivity index (χ0) is 20.9. The normalized spacial score (nSPS) is 17.8. The van der Waals surface area contributed by atoms with Crippen LogP contribution in [0.1, 0.15) is 55.1 Å². The lowest BCUT2D eigenvalue weighted by Gasteiger charge is -2.15. The Kier molecular flexibility index (Phi) is 4.77. The number of ketones is 1. The number of aryl methyl sites for hydroxylation is 1. The molecule has 2 aromatic rings. The number of pyridine rings is 1. The van der Waals surface area contributed by atoms with Gasteiger partial charge in [-0.2, -0.15) is 0 Å². The van der Waals surface area contributed by atoms with Crippen molar-refractivity contribution in [3.05, 3.63) is 52.9 Å². The molecule has 1 heterocycles. The number of Topliss-reactive ketones (excluding diaryl/α,β-unsaturated/α-hetero) is 1. The molecule has 1 N–H and O–H groups in total. The van der Waals surface area contributed by atoms with E-state index in [4.69, 9.17) is 4.98 Å². The molecule has 0 spiro atoms. The van der Waals surface area contributed by atoms with Crippen molar-refractivity contribution in [3.63, 3.8) is 0 Å². The third kappa shape index (κ3) is 3.81. The number of carbonyl (C=O) groups excluding carboxylic acids is 1. The summed E-state index contributed by atoms with van der Waals surface area (Å²) in [5.74, 6) is 0.519. The Labute approximate surface area is 177 Å². The topological polar surface area (TPSA) is 76.1 Å². The van der Waals surface area contributed by atoms with E-state index in [2.05, 4.69) is 22.9 Å². The van der Waals surface area contributed by atoms with Gasteiger partial charge >= 0.3 is 0 Å². The predicted molar refractivity (Wildman–Crippen MR) is 119 cm³/mol. The minimum atomic E-state index is -3.29. The Hall–Kier alpha value is -2.47. The van der Waals surface area contributed by atoms with E-state index in [0.717, 1.165) is 72.2 Å². The lowest BCUT2D eigenvalue weighted by molar-refractivity contribution is -0.119. The first-order valence-electron chi connectivity index (χ1n) is 10.8. The fourth-order valence-electron chi connectivity index (χ4n) is 4.12. The van der Waals surface area contributed by atoms with Crippen molar-refractivity contribution in [1.82, 2.24) is 4.98 Å². The number of allylic oxidation sites excluding steroid dienone is 1. The van der Waals surface area contributed by atoms with E-state index in [1.807, 2.05) is 25.1 Å². The molecule has 3 aliphatic rings. The summed E-state index contributed by atoms with van der Waals surface area (Å²) in [6, 6.07) is 7.95. The van der Waals surface area contributed by atoms with E-state index in [1.165, 1.54) is 0 Å². The van der Waals surface area contributed by atoms with Crippen molar-refractivity contribution in [2.24, 2.45) is 5.92 Å². The molecule has 1 aromatic carbocycles. The number of benzene rings is 1. The van der Waals surface area contributed by atoms with Crippen LogP contribution in [0.25, 0.3) is 17.2 Å². The molecule has 2 saturated carbocycles. The van der Waals surface area contributed by atoms with E-state index >= 15 is 0 Å². The highest BCUT2D eigenvalue weighted by Crippen LogP contribution is 2.36. The van der Waals surface area contributed by atoms with Crippen molar-refractivity contribution >= 4 is 27.6 Å². The van der Waals surface area contributed by atoms with Gasteiger partial charge in [0.2, 0.25) is 10.0 Å². The van der Waals surface area contributed by atoms with Crippen LogP contribution < -0.4 is 4.72 Å². The van der Waals surface area contributed by atoms with Crippen LogP contribution in [0, 0.1) is 5.92 Å². The molecule has 0 aliphatic heterocycles. The Morgan fingerprint density at radius 2 is 1.97 bits per heavy atom. The van der Waals surface area contributed by atoms with Gasteiger partial charge < -0.3 is 0 Å². The molecular formula is C24H26N2O3S. The summed E-state index contributed by atoms with van der Waals surface area (Å²) < 4.78 is 27.6. The summed E-state index contributed by atoms with van der Waals surface area (Å²) >= 11 is 0. The summed E-state index contributed by atoms with van der Waals surface area (Å²) in [5.41, 5.74) is 6.69. The maximum absolute atomic E-state index is 12.4. The number of nitrogens with zero attached hydrogens (tertiary/aromatic N) is 1. The molecular weight excluding hydrogens is 396 g/mol. The maximum atomic E-state index is 12.4. The molecule has 5 nitrogen and oxygen atoms in total. The van der Waals surface area contributed by atoms with Crippen LogP contribution >= 0.6 is 0 Å². The van der Waals surface area contributed by atoms with Crippen molar-refractivity contribution in [2.45, 2.75) is 57.1 Å². The summed E-state index contributed by atoms with van der Waals surface area (Å²) in [6.45, 7) is 2.03. The molecule has 0 radical (unpaired) electrons. The highest BCUT2D eigenvalue weighted by atomic mass is 32.2. The SMILES string of the molecule is CCc1cc(-c2cc(CC(=O)C3CC3)nc3c2C=CC3)ccc1NS(=O)(=O)C1CC1. The first-order valence-corrected chi connectivity index (χ1v) is 12.4. The number of nitrogens with one attached hydrogen (secondary N) is 1. The van der Waals surface area contributed by atoms with Crippen LogP contribution in [0.5, 0.6) is 0 Å². The molecule has 6 heteroatoms. The summed E-state index contributed by atoms with van der Waals surface area (Å²) in [6.07, 6.45) is 9.61. The molecule has 0 amide bonds. The number of hydrogen-bond acceptors (Lipinski definition) is 4. The number of fused-ring (bicyclic) bond motifs is 1. The summed E-state index contributed by atoms with van der Waals surface area (Å²) in [5, 5.41) is -0.248. The Balaban J connectivity index is 1.50. The van der Waals surface area contributed by atoms with Gasteiger partial charge in [0, 0.05) is 30.0 Å². The van der Waals surface area contributed by atoms with Crippen molar-refractivity contribution in [3.8, 4) is 11.1 Å². The molecule has 1 aromatic heterocycles. The number of rotatable bonds is 8. The molecule has 0 unspecified atom stereocenters. The second-order valence-electron chi connectivity index (χ2n) is 8.62. The number of hydrogen-bond donors (Lipinski definition) is 1. The van der Waals surface area contributed by atoms with Crippen LogP contribution in [0.4, 0.5) is 5.69 Å². The zero-order valence-corrected chi connectivity index (χ0v) is 18.0. The van der Waals surface area contributed by atoms with Gasteiger partial charge in [-0.15, -0.1) is 0 Å². The third-order valence-corrected chi connectivity index (χ3v) is 8.04. The van der Waals surface area contributed by atoms with Crippen molar-refractivity contribution < 1.29 is 13.2 Å². The van der Waals surface area contributed by atoms with E-state index in [-0.39, 0.29) is 11.2 Å². The lowest BCUT2D eigenvalue weighted by Crippen LogP contribution is -2.18. The number of carbonyl (C=O) groups is 1. The second-order valence-corrected chi connectivity index (χ2v) is 10.6. The van der Waals surface area contributed by atoms with Crippen LogP contribution in [-0.4, -0.2) is 24.4 Å². The molecule has 30 heavy (non-hydrogen) atoms. The fourth-order valence-corrected chi connectivity index (χ4v) is 5.55. The second kappa shape index (κ2) is 7.34. The van der Waals surface area contributed by atoms with Crippen molar-refractivity contribution in [2.75, 3.05) is 4.72 Å². The minimum absolute atomic E-state index is 0.229. The van der Waals surface area contributed by atoms with Gasteiger partial charge in [0.25, 0.3) is 0 Å². The van der Waals surface area contributed by atoms with E-state index in [9.17, 15) is 13.2 Å². The van der Waals surface area contributed by atoms with Crippen molar-refractivity contribution in [1.29, 1.82) is 0 Å². The van der Waals surface area contributed by atoms with Gasteiger partial charge in [-0.1, -0.05) is 25.1 Å². The van der Waals surface area contributed by atoms with Gasteiger partial charge in [0.15, 0.2) is 0 Å². The van der Waals surface area contributed by atoms with Gasteiger partial charge in [-0.3, -0.25) is 14.5 Å². The molecule has 0 saturated heterocycles. The van der Waals surface area contributed by atoms with Gasteiger partial charge in [0.05, 0.1) is 16.6 Å². The molecule has 0 bridgehead atoms. The molecule has 3 aliphatic carbocycles. The van der Waals surface area contributed by atoms with Gasteiger partial charge in [0.1, 0.15) is 5.78 Å².